The molecule has 3 aromatic rings. The van der Waals surface area contributed by atoms with E-state index in [1.54, 1.807) is 6.07 Å². The molecule has 0 radical (unpaired) electrons. The van der Waals surface area contributed by atoms with Crippen LogP contribution in [0.15, 0.2) is 72.8 Å². The first-order valence-electron chi connectivity index (χ1n) is 13.3. The van der Waals surface area contributed by atoms with Crippen LogP contribution in [0.3, 0.4) is 0 Å². The van der Waals surface area contributed by atoms with Crippen molar-refractivity contribution < 1.29 is 28.9 Å². The molecule has 214 valence electrons. The van der Waals surface area contributed by atoms with Crippen LogP contribution < -0.4 is 19.4 Å². The average Bonchev–Trinajstić information content (AvgIpc) is 2.96. The van der Waals surface area contributed by atoms with Crippen LogP contribution in [0, 0.1) is 6.92 Å². The van der Waals surface area contributed by atoms with E-state index >= 15 is 0 Å². The minimum atomic E-state index is -0.400. The van der Waals surface area contributed by atoms with Crippen LogP contribution in [0.2, 0.25) is 0 Å². The Morgan fingerprint density at radius 1 is 0.725 bits per heavy atom. The normalized spacial score (nSPS) is 10.5. The van der Waals surface area contributed by atoms with Crippen LogP contribution in [0.4, 0.5) is 17.1 Å². The molecule has 3 rings (SSSR count). The Labute approximate surface area is 236 Å². The number of carbonyl (C=O) groups is 2. The lowest BCUT2D eigenvalue weighted by molar-refractivity contribution is -0.139. The predicted molar refractivity (Wildman–Crippen MR) is 158 cm³/mol. The van der Waals surface area contributed by atoms with E-state index in [0.29, 0.717) is 44.2 Å². The van der Waals surface area contributed by atoms with Crippen LogP contribution in [-0.4, -0.2) is 77.1 Å². The summed E-state index contributed by atoms with van der Waals surface area (Å²) in [6, 6.07) is 22.9. The number of aromatic hydroxyl groups is 1. The molecular weight excluding hydrogens is 510 g/mol. The number of nitrogens with zero attached hydrogens (tertiary/aromatic N) is 3. The molecule has 0 aliphatic carbocycles. The predicted octanol–water partition coefficient (Wildman–Crippen LogP) is 4.26. The van der Waals surface area contributed by atoms with Crippen molar-refractivity contribution in [3.05, 3.63) is 78.4 Å². The van der Waals surface area contributed by atoms with E-state index in [-0.39, 0.29) is 24.8 Å². The van der Waals surface area contributed by atoms with Crippen molar-refractivity contribution in [3.63, 3.8) is 0 Å². The van der Waals surface area contributed by atoms with Crippen molar-refractivity contribution >= 4 is 29.0 Å². The Balaban J connectivity index is 1.86. The minimum Gasteiger partial charge on any atom is -0.506 e. The van der Waals surface area contributed by atoms with Crippen LogP contribution in [0.1, 0.15) is 12.5 Å². The standard InChI is InChI=1S/C31H39N3O6/c1-5-40-29-14-10-9-13-27(29)34(23-31(37)39-4)20-18-32(25-11-7-6-8-12-25)17-19-33(22-30(36)38-3)26-16-15-24(2)21-28(26)35/h6-16,21,35H,5,17-20,22-23H2,1-4H3. The van der Waals surface area contributed by atoms with Gasteiger partial charge in [0.1, 0.15) is 24.6 Å². The van der Waals surface area contributed by atoms with Crippen LogP contribution in [0.5, 0.6) is 11.5 Å². The molecule has 9 heteroatoms. The third-order valence-corrected chi connectivity index (χ3v) is 6.47. The first-order valence-corrected chi connectivity index (χ1v) is 13.3. The van der Waals surface area contributed by atoms with E-state index in [0.717, 1.165) is 16.9 Å². The Bertz CT molecular complexity index is 1240. The SMILES string of the molecule is CCOc1ccccc1N(CCN(CCN(CC(=O)OC)c1ccc(C)cc1O)c1ccccc1)CC(=O)OC. The van der Waals surface area contributed by atoms with E-state index in [2.05, 4.69) is 4.90 Å². The molecule has 0 bridgehead atoms. The largest absolute Gasteiger partial charge is 0.506 e. The van der Waals surface area contributed by atoms with Gasteiger partial charge >= 0.3 is 11.9 Å². The zero-order valence-corrected chi connectivity index (χ0v) is 23.7. The summed E-state index contributed by atoms with van der Waals surface area (Å²) in [4.78, 5) is 30.5. The summed E-state index contributed by atoms with van der Waals surface area (Å²) in [7, 11) is 2.73. The Morgan fingerprint density at radius 2 is 1.27 bits per heavy atom. The zero-order chi connectivity index (χ0) is 28.9. The van der Waals surface area contributed by atoms with Gasteiger partial charge in [-0.15, -0.1) is 0 Å². The molecular formula is C31H39N3O6. The van der Waals surface area contributed by atoms with Gasteiger partial charge in [0.2, 0.25) is 0 Å². The number of hydrogen-bond acceptors (Lipinski definition) is 9. The van der Waals surface area contributed by atoms with Crippen molar-refractivity contribution in [3.8, 4) is 11.5 Å². The minimum absolute atomic E-state index is 0.00799. The number of anilines is 3. The van der Waals surface area contributed by atoms with Gasteiger partial charge in [-0.1, -0.05) is 36.4 Å². The molecule has 0 fully saturated rings. The van der Waals surface area contributed by atoms with E-state index in [1.807, 2.05) is 90.4 Å². The molecule has 0 aromatic heterocycles. The van der Waals surface area contributed by atoms with Gasteiger partial charge in [-0.05, 0) is 55.8 Å². The van der Waals surface area contributed by atoms with Gasteiger partial charge in [-0.3, -0.25) is 9.59 Å². The molecule has 40 heavy (non-hydrogen) atoms. The van der Waals surface area contributed by atoms with E-state index < -0.39 is 5.97 Å². The van der Waals surface area contributed by atoms with Gasteiger partial charge in [-0.25, -0.2) is 0 Å². The second-order valence-electron chi connectivity index (χ2n) is 9.21. The summed E-state index contributed by atoms with van der Waals surface area (Å²) >= 11 is 0. The number of ether oxygens (including phenoxy) is 3. The highest BCUT2D eigenvalue weighted by molar-refractivity contribution is 5.77. The molecule has 9 nitrogen and oxygen atoms in total. The smallest absolute Gasteiger partial charge is 0.325 e. The Morgan fingerprint density at radius 3 is 1.85 bits per heavy atom. The highest BCUT2D eigenvalue weighted by atomic mass is 16.5. The van der Waals surface area contributed by atoms with Crippen molar-refractivity contribution in [1.29, 1.82) is 0 Å². The molecule has 0 aliphatic heterocycles. The fraction of sp³-hybridized carbons (Fsp3) is 0.355. The molecule has 0 heterocycles. The zero-order valence-electron chi connectivity index (χ0n) is 23.7. The lowest BCUT2D eigenvalue weighted by Gasteiger charge is -2.33. The molecule has 0 saturated heterocycles. The van der Waals surface area contributed by atoms with Crippen molar-refractivity contribution in [2.75, 3.05) is 74.8 Å². The highest BCUT2D eigenvalue weighted by Gasteiger charge is 2.20. The summed E-state index contributed by atoms with van der Waals surface area (Å²) in [6.45, 7) is 6.41. The lowest BCUT2D eigenvalue weighted by atomic mass is 10.2. The molecule has 1 N–H and O–H groups in total. The van der Waals surface area contributed by atoms with Gasteiger partial charge < -0.3 is 34.0 Å². The Hall–Kier alpha value is -4.40. The average molecular weight is 550 g/mol. The number of para-hydroxylation sites is 3. The summed E-state index contributed by atoms with van der Waals surface area (Å²) < 4.78 is 15.7. The maximum Gasteiger partial charge on any atom is 0.325 e. The quantitative estimate of drug-likeness (QED) is 0.279. The lowest BCUT2D eigenvalue weighted by Crippen LogP contribution is -2.42. The summed E-state index contributed by atoms with van der Waals surface area (Å²) in [5.41, 5.74) is 3.27. The highest BCUT2D eigenvalue weighted by Crippen LogP contribution is 2.30. The molecule has 0 unspecified atom stereocenters. The molecule has 0 saturated carbocycles. The summed E-state index contributed by atoms with van der Waals surface area (Å²) in [5.74, 6) is 0.0471. The second kappa shape index (κ2) is 15.3. The van der Waals surface area contributed by atoms with E-state index in [4.69, 9.17) is 14.2 Å². The van der Waals surface area contributed by atoms with Gasteiger partial charge in [0.05, 0.1) is 32.2 Å². The summed E-state index contributed by atoms with van der Waals surface area (Å²) in [6.07, 6.45) is 0. The molecule has 0 atom stereocenters. The third-order valence-electron chi connectivity index (χ3n) is 6.47. The molecule has 3 aromatic carbocycles. The number of rotatable bonds is 15. The van der Waals surface area contributed by atoms with Crippen molar-refractivity contribution in [2.24, 2.45) is 0 Å². The van der Waals surface area contributed by atoms with Gasteiger partial charge in [0.15, 0.2) is 0 Å². The number of phenolic OH excluding ortho intramolecular Hbond substituents is 1. The third kappa shape index (κ3) is 8.56. The number of esters is 2. The number of benzene rings is 3. The molecule has 0 aliphatic rings. The first kappa shape index (κ1) is 30.1. The van der Waals surface area contributed by atoms with Gasteiger partial charge in [-0.2, -0.15) is 0 Å². The number of phenols is 1. The van der Waals surface area contributed by atoms with Crippen molar-refractivity contribution in [1.82, 2.24) is 0 Å². The van der Waals surface area contributed by atoms with E-state index in [1.165, 1.54) is 14.2 Å². The maximum absolute atomic E-state index is 12.3. The van der Waals surface area contributed by atoms with Crippen LogP contribution in [-0.2, 0) is 19.1 Å². The molecule has 0 spiro atoms. The molecule has 0 amide bonds. The van der Waals surface area contributed by atoms with Gasteiger partial charge in [0, 0.05) is 31.9 Å². The number of aryl methyl sites for hydroxylation is 1. The number of methoxy groups -OCH3 is 2. The Kier molecular flexibility index (Phi) is 11.5. The topological polar surface area (TPSA) is 91.8 Å². The van der Waals surface area contributed by atoms with Gasteiger partial charge in [0.25, 0.3) is 0 Å². The fourth-order valence-electron chi connectivity index (χ4n) is 4.40. The van der Waals surface area contributed by atoms with Crippen LogP contribution in [0.25, 0.3) is 0 Å². The van der Waals surface area contributed by atoms with E-state index in [9.17, 15) is 14.7 Å². The first-order chi connectivity index (χ1) is 19.4. The van der Waals surface area contributed by atoms with Crippen molar-refractivity contribution in [2.45, 2.75) is 13.8 Å². The number of carbonyl (C=O) groups excluding carboxylic acids is 2. The maximum atomic E-state index is 12.3. The second-order valence-corrected chi connectivity index (χ2v) is 9.21. The summed E-state index contributed by atoms with van der Waals surface area (Å²) in [5, 5.41) is 10.6. The fourth-order valence-corrected chi connectivity index (χ4v) is 4.40. The van der Waals surface area contributed by atoms with Crippen LogP contribution >= 0.6 is 0 Å². The monoisotopic (exact) mass is 549 g/mol. The number of hydrogen-bond donors (Lipinski definition) is 1.